The number of hydrogen-bond acceptors (Lipinski definition) is 3. The number of ether oxygens (including phenoxy) is 2. The van der Waals surface area contributed by atoms with Gasteiger partial charge in [0.25, 0.3) is 0 Å². The van der Waals surface area contributed by atoms with Gasteiger partial charge in [0.15, 0.2) is 11.5 Å². The third-order valence-corrected chi connectivity index (χ3v) is 2.95. The first-order valence-electron chi connectivity index (χ1n) is 6.09. The zero-order valence-electron chi connectivity index (χ0n) is 10.7. The summed E-state index contributed by atoms with van der Waals surface area (Å²) in [4.78, 5) is 0. The molecule has 2 aromatic carbocycles. The van der Waals surface area contributed by atoms with Crippen LogP contribution in [0, 0.1) is 0 Å². The van der Waals surface area contributed by atoms with Crippen molar-refractivity contribution in [3.63, 3.8) is 0 Å². The van der Waals surface area contributed by atoms with E-state index in [0.29, 0.717) is 23.9 Å². The summed E-state index contributed by atoms with van der Waals surface area (Å²) in [6.07, 6.45) is 0. The molecule has 2 aromatic rings. The van der Waals surface area contributed by atoms with Gasteiger partial charge in [-0.15, -0.1) is 0 Å². The fourth-order valence-electron chi connectivity index (χ4n) is 1.69. The lowest BCUT2D eigenvalue weighted by Gasteiger charge is -2.12. The molecule has 3 nitrogen and oxygen atoms in total. The average molecular weight is 278 g/mol. The summed E-state index contributed by atoms with van der Waals surface area (Å²) < 4.78 is 11.2. The fraction of sp³-hybridized carbons (Fsp3) is 0.200. The summed E-state index contributed by atoms with van der Waals surface area (Å²) in [6, 6.07) is 13.1. The summed E-state index contributed by atoms with van der Waals surface area (Å²) in [5.74, 6) is 1.46. The Hall–Kier alpha value is -1.87. The van der Waals surface area contributed by atoms with E-state index in [4.69, 9.17) is 26.8 Å². The van der Waals surface area contributed by atoms with Gasteiger partial charge in [0, 0.05) is 0 Å². The van der Waals surface area contributed by atoms with Crippen LogP contribution in [0.3, 0.4) is 0 Å². The minimum atomic E-state index is 0.422. The van der Waals surface area contributed by atoms with Crippen LogP contribution < -0.4 is 15.2 Å². The number of halogens is 1. The van der Waals surface area contributed by atoms with Gasteiger partial charge in [-0.1, -0.05) is 29.8 Å². The van der Waals surface area contributed by atoms with E-state index in [1.165, 1.54) is 0 Å². The van der Waals surface area contributed by atoms with Crippen LogP contribution >= 0.6 is 11.6 Å². The summed E-state index contributed by atoms with van der Waals surface area (Å²) in [5, 5.41) is 0.554. The van der Waals surface area contributed by atoms with Crippen molar-refractivity contribution in [1.82, 2.24) is 0 Å². The Labute approximate surface area is 117 Å². The van der Waals surface area contributed by atoms with Crippen molar-refractivity contribution in [3.05, 3.63) is 53.1 Å². The second kappa shape index (κ2) is 6.34. The summed E-state index contributed by atoms with van der Waals surface area (Å²) >= 11 is 5.88. The van der Waals surface area contributed by atoms with Crippen LogP contribution in [0.5, 0.6) is 11.5 Å². The number of hydrogen-bond donors (Lipinski definition) is 1. The second-order valence-electron chi connectivity index (χ2n) is 4.02. The van der Waals surface area contributed by atoms with Crippen molar-refractivity contribution >= 4 is 17.3 Å². The first kappa shape index (κ1) is 13.6. The zero-order chi connectivity index (χ0) is 13.7. The van der Waals surface area contributed by atoms with Gasteiger partial charge >= 0.3 is 0 Å². The molecule has 0 saturated carbocycles. The fourth-order valence-corrected chi connectivity index (χ4v) is 1.81. The van der Waals surface area contributed by atoms with E-state index < -0.39 is 0 Å². The monoisotopic (exact) mass is 277 g/mol. The van der Waals surface area contributed by atoms with Crippen molar-refractivity contribution < 1.29 is 9.47 Å². The summed E-state index contributed by atoms with van der Waals surface area (Å²) in [7, 11) is 0. The van der Waals surface area contributed by atoms with Crippen molar-refractivity contribution in [2.75, 3.05) is 12.3 Å². The van der Waals surface area contributed by atoms with Crippen LogP contribution in [0.4, 0.5) is 5.69 Å². The van der Waals surface area contributed by atoms with E-state index in [9.17, 15) is 0 Å². The summed E-state index contributed by atoms with van der Waals surface area (Å²) in [6.45, 7) is 2.97. The standard InChI is InChI=1S/C15H16ClNO2/c1-2-18-14-5-3-4-6-15(14)19-10-11-7-8-12(16)13(17)9-11/h3-9H,2,10,17H2,1H3. The molecule has 0 fully saturated rings. The second-order valence-corrected chi connectivity index (χ2v) is 4.43. The Bertz CT molecular complexity index is 558. The molecule has 0 amide bonds. The molecular formula is C15H16ClNO2. The van der Waals surface area contributed by atoms with E-state index in [1.807, 2.05) is 43.3 Å². The van der Waals surface area contributed by atoms with E-state index in [2.05, 4.69) is 0 Å². The molecule has 2 N–H and O–H groups in total. The Balaban J connectivity index is 2.07. The highest BCUT2D eigenvalue weighted by Crippen LogP contribution is 2.28. The Morgan fingerprint density at radius 2 is 1.74 bits per heavy atom. The van der Waals surface area contributed by atoms with Gasteiger partial charge < -0.3 is 15.2 Å². The third-order valence-electron chi connectivity index (χ3n) is 2.60. The van der Waals surface area contributed by atoms with Crippen molar-refractivity contribution in [2.45, 2.75) is 13.5 Å². The molecular weight excluding hydrogens is 262 g/mol. The third kappa shape index (κ3) is 3.55. The van der Waals surface area contributed by atoms with Crippen molar-refractivity contribution in [3.8, 4) is 11.5 Å². The van der Waals surface area contributed by atoms with E-state index in [0.717, 1.165) is 17.1 Å². The molecule has 0 bridgehead atoms. The van der Waals surface area contributed by atoms with Gasteiger partial charge in [0.2, 0.25) is 0 Å². The van der Waals surface area contributed by atoms with Gasteiger partial charge in [-0.2, -0.15) is 0 Å². The minimum absolute atomic E-state index is 0.422. The number of nitrogens with two attached hydrogens (primary N) is 1. The number of para-hydroxylation sites is 2. The topological polar surface area (TPSA) is 44.5 Å². The molecule has 100 valence electrons. The van der Waals surface area contributed by atoms with Gasteiger partial charge in [-0.25, -0.2) is 0 Å². The van der Waals surface area contributed by atoms with Crippen LogP contribution in [0.25, 0.3) is 0 Å². The number of benzene rings is 2. The highest BCUT2D eigenvalue weighted by molar-refractivity contribution is 6.33. The number of anilines is 1. The maximum atomic E-state index is 5.88. The van der Waals surface area contributed by atoms with Crippen LogP contribution in [0.2, 0.25) is 5.02 Å². The first-order chi connectivity index (χ1) is 9.20. The van der Waals surface area contributed by atoms with E-state index in [1.54, 1.807) is 6.07 Å². The lowest BCUT2D eigenvalue weighted by Crippen LogP contribution is -2.00. The maximum absolute atomic E-state index is 5.88. The SMILES string of the molecule is CCOc1ccccc1OCc1ccc(Cl)c(N)c1. The van der Waals surface area contributed by atoms with Crippen molar-refractivity contribution in [2.24, 2.45) is 0 Å². The predicted molar refractivity (Wildman–Crippen MR) is 77.8 cm³/mol. The largest absolute Gasteiger partial charge is 0.490 e. The lowest BCUT2D eigenvalue weighted by atomic mass is 10.2. The van der Waals surface area contributed by atoms with Crippen LogP contribution in [-0.4, -0.2) is 6.61 Å². The quantitative estimate of drug-likeness (QED) is 0.843. The number of rotatable bonds is 5. The van der Waals surface area contributed by atoms with Gasteiger partial charge in [0.1, 0.15) is 6.61 Å². The van der Waals surface area contributed by atoms with Gasteiger partial charge in [-0.05, 0) is 36.8 Å². The van der Waals surface area contributed by atoms with E-state index >= 15 is 0 Å². The molecule has 0 aliphatic carbocycles. The average Bonchev–Trinajstić information content (AvgIpc) is 2.42. The maximum Gasteiger partial charge on any atom is 0.161 e. The molecule has 2 rings (SSSR count). The highest BCUT2D eigenvalue weighted by Gasteiger charge is 2.04. The van der Waals surface area contributed by atoms with Crippen LogP contribution in [0.15, 0.2) is 42.5 Å². The minimum Gasteiger partial charge on any atom is -0.490 e. The van der Waals surface area contributed by atoms with Gasteiger partial charge in [0.05, 0.1) is 17.3 Å². The van der Waals surface area contributed by atoms with Crippen LogP contribution in [0.1, 0.15) is 12.5 Å². The molecule has 19 heavy (non-hydrogen) atoms. The molecule has 0 spiro atoms. The smallest absolute Gasteiger partial charge is 0.161 e. The molecule has 0 aromatic heterocycles. The Kier molecular flexibility index (Phi) is 4.53. The highest BCUT2D eigenvalue weighted by atomic mass is 35.5. The molecule has 0 saturated heterocycles. The van der Waals surface area contributed by atoms with E-state index in [-0.39, 0.29) is 0 Å². The zero-order valence-corrected chi connectivity index (χ0v) is 11.5. The molecule has 0 atom stereocenters. The number of nitrogen functional groups attached to an aromatic ring is 1. The van der Waals surface area contributed by atoms with Crippen LogP contribution in [-0.2, 0) is 6.61 Å². The first-order valence-corrected chi connectivity index (χ1v) is 6.47. The molecule has 0 aliphatic heterocycles. The van der Waals surface area contributed by atoms with Crippen molar-refractivity contribution in [1.29, 1.82) is 0 Å². The summed E-state index contributed by atoms with van der Waals surface area (Å²) in [5.41, 5.74) is 7.28. The Morgan fingerprint density at radius 3 is 2.37 bits per heavy atom. The lowest BCUT2D eigenvalue weighted by molar-refractivity contribution is 0.269. The normalized spacial score (nSPS) is 10.2. The molecule has 0 unspecified atom stereocenters. The predicted octanol–water partition coefficient (Wildman–Crippen LogP) is 3.90. The molecule has 4 heteroatoms. The Morgan fingerprint density at radius 1 is 1.05 bits per heavy atom. The van der Waals surface area contributed by atoms with Gasteiger partial charge in [-0.3, -0.25) is 0 Å². The molecule has 0 aliphatic rings. The molecule has 0 radical (unpaired) electrons. The molecule has 0 heterocycles.